The number of ether oxygens (including phenoxy) is 2. The highest BCUT2D eigenvalue weighted by atomic mass is 16.8. The molecule has 0 radical (unpaired) electrons. The predicted molar refractivity (Wildman–Crippen MR) is 63.3 cm³/mol. The van der Waals surface area contributed by atoms with E-state index < -0.39 is 12.1 Å². The van der Waals surface area contributed by atoms with E-state index in [1.807, 2.05) is 0 Å². The molecule has 1 atom stereocenters. The van der Waals surface area contributed by atoms with Gasteiger partial charge in [-0.05, 0) is 32.6 Å². The van der Waals surface area contributed by atoms with Crippen LogP contribution in [0.4, 0.5) is 0 Å². The van der Waals surface area contributed by atoms with Gasteiger partial charge in [-0.1, -0.05) is 25.7 Å². The molecule has 2 aliphatic carbocycles. The fourth-order valence-corrected chi connectivity index (χ4v) is 2.71. The average molecular weight is 244 g/mol. The van der Waals surface area contributed by atoms with Crippen LogP contribution in [0.15, 0.2) is 0 Å². The Balaban J connectivity index is 1.92. The standard InChI is InChI=1S/C13H24O4/c1-10(14)13(15,16-11-6-2-3-7-11)17-12-8-4-5-9-12/h10-12,14-15H,2-9H2,1H3. The number of aliphatic hydroxyl groups excluding tert-OH is 1. The van der Waals surface area contributed by atoms with Crippen molar-refractivity contribution in [3.8, 4) is 0 Å². The summed E-state index contributed by atoms with van der Waals surface area (Å²) in [5, 5.41) is 20.0. The van der Waals surface area contributed by atoms with Crippen LogP contribution in [0, 0.1) is 0 Å². The van der Waals surface area contributed by atoms with Gasteiger partial charge < -0.3 is 19.7 Å². The topological polar surface area (TPSA) is 58.9 Å². The van der Waals surface area contributed by atoms with Gasteiger partial charge in [-0.2, -0.15) is 0 Å². The molecular formula is C13H24O4. The smallest absolute Gasteiger partial charge is 0.308 e. The van der Waals surface area contributed by atoms with Crippen LogP contribution in [-0.4, -0.2) is 34.5 Å². The molecule has 0 amide bonds. The lowest BCUT2D eigenvalue weighted by Gasteiger charge is -2.35. The molecule has 0 spiro atoms. The maximum atomic E-state index is 10.3. The van der Waals surface area contributed by atoms with Gasteiger partial charge in [0.2, 0.25) is 0 Å². The highest BCUT2D eigenvalue weighted by Gasteiger charge is 2.41. The zero-order valence-corrected chi connectivity index (χ0v) is 10.6. The third kappa shape index (κ3) is 3.41. The van der Waals surface area contributed by atoms with Crippen LogP contribution in [0.25, 0.3) is 0 Å². The van der Waals surface area contributed by atoms with Gasteiger partial charge in [0, 0.05) is 0 Å². The van der Waals surface area contributed by atoms with E-state index in [9.17, 15) is 10.2 Å². The third-order valence-electron chi connectivity index (χ3n) is 3.80. The van der Waals surface area contributed by atoms with Gasteiger partial charge in [-0.15, -0.1) is 0 Å². The van der Waals surface area contributed by atoms with Crippen molar-refractivity contribution < 1.29 is 19.7 Å². The minimum absolute atomic E-state index is 0.0241. The number of aliphatic hydroxyl groups is 2. The maximum Gasteiger partial charge on any atom is 0.308 e. The Morgan fingerprint density at radius 3 is 1.59 bits per heavy atom. The van der Waals surface area contributed by atoms with Crippen molar-refractivity contribution in [1.29, 1.82) is 0 Å². The monoisotopic (exact) mass is 244 g/mol. The van der Waals surface area contributed by atoms with Crippen LogP contribution in [0.2, 0.25) is 0 Å². The van der Waals surface area contributed by atoms with Crippen LogP contribution in [0.1, 0.15) is 58.3 Å². The molecule has 17 heavy (non-hydrogen) atoms. The van der Waals surface area contributed by atoms with Crippen LogP contribution >= 0.6 is 0 Å². The molecule has 0 saturated heterocycles. The second-order valence-electron chi connectivity index (χ2n) is 5.36. The molecule has 0 bridgehead atoms. The first-order chi connectivity index (χ1) is 8.10. The maximum absolute atomic E-state index is 10.3. The summed E-state index contributed by atoms with van der Waals surface area (Å²) in [5.41, 5.74) is 0. The lowest BCUT2D eigenvalue weighted by atomic mass is 10.2. The lowest BCUT2D eigenvalue weighted by molar-refractivity contribution is -0.416. The van der Waals surface area contributed by atoms with Crippen LogP contribution in [0.3, 0.4) is 0 Å². The molecule has 4 nitrogen and oxygen atoms in total. The molecule has 2 N–H and O–H groups in total. The Morgan fingerprint density at radius 2 is 1.29 bits per heavy atom. The molecule has 0 aliphatic heterocycles. The van der Waals surface area contributed by atoms with E-state index in [1.165, 1.54) is 6.92 Å². The van der Waals surface area contributed by atoms with E-state index in [2.05, 4.69) is 0 Å². The molecule has 0 aromatic rings. The SMILES string of the molecule is CC(O)C(O)(OC1CCCC1)OC1CCCC1. The van der Waals surface area contributed by atoms with Crippen LogP contribution < -0.4 is 0 Å². The Morgan fingerprint density at radius 1 is 0.941 bits per heavy atom. The van der Waals surface area contributed by atoms with E-state index in [0.717, 1.165) is 51.4 Å². The Labute approximate surface area is 103 Å². The van der Waals surface area contributed by atoms with Gasteiger partial charge in [0.25, 0.3) is 0 Å². The fourth-order valence-electron chi connectivity index (χ4n) is 2.71. The molecular weight excluding hydrogens is 220 g/mol. The molecule has 2 fully saturated rings. The summed E-state index contributed by atoms with van der Waals surface area (Å²) in [6.45, 7) is 1.52. The number of rotatable bonds is 5. The van der Waals surface area contributed by atoms with Gasteiger partial charge in [0.15, 0.2) is 0 Å². The van der Waals surface area contributed by atoms with Crippen molar-refractivity contribution in [2.24, 2.45) is 0 Å². The van der Waals surface area contributed by atoms with Crippen molar-refractivity contribution in [2.45, 2.75) is 82.6 Å². The van der Waals surface area contributed by atoms with Crippen molar-refractivity contribution >= 4 is 0 Å². The van der Waals surface area contributed by atoms with E-state index >= 15 is 0 Å². The van der Waals surface area contributed by atoms with Gasteiger partial charge in [0.05, 0.1) is 12.2 Å². The molecule has 2 saturated carbocycles. The van der Waals surface area contributed by atoms with E-state index in [0.29, 0.717) is 0 Å². The fraction of sp³-hybridized carbons (Fsp3) is 1.00. The average Bonchev–Trinajstić information content (AvgIpc) is 2.90. The summed E-state index contributed by atoms with van der Waals surface area (Å²) in [7, 11) is 0. The van der Waals surface area contributed by atoms with Crippen molar-refractivity contribution in [3.05, 3.63) is 0 Å². The van der Waals surface area contributed by atoms with Gasteiger partial charge >= 0.3 is 5.97 Å². The lowest BCUT2D eigenvalue weighted by Crippen LogP contribution is -2.49. The normalized spacial score (nSPS) is 25.6. The summed E-state index contributed by atoms with van der Waals surface area (Å²) in [4.78, 5) is 0. The van der Waals surface area contributed by atoms with Gasteiger partial charge in [-0.25, -0.2) is 0 Å². The molecule has 4 heteroatoms. The molecule has 2 rings (SSSR count). The molecule has 100 valence electrons. The second-order valence-corrected chi connectivity index (χ2v) is 5.36. The molecule has 0 aromatic heterocycles. The first-order valence-electron chi connectivity index (χ1n) is 6.86. The Bertz CT molecular complexity index is 212. The van der Waals surface area contributed by atoms with E-state index in [-0.39, 0.29) is 12.2 Å². The highest BCUT2D eigenvalue weighted by Crippen LogP contribution is 2.31. The third-order valence-corrected chi connectivity index (χ3v) is 3.80. The van der Waals surface area contributed by atoms with Crippen molar-refractivity contribution in [2.75, 3.05) is 0 Å². The second kappa shape index (κ2) is 5.65. The summed E-state index contributed by atoms with van der Waals surface area (Å²) in [6.07, 6.45) is 7.33. The van der Waals surface area contributed by atoms with Crippen LogP contribution in [0.5, 0.6) is 0 Å². The van der Waals surface area contributed by atoms with Gasteiger partial charge in [0.1, 0.15) is 6.10 Å². The first-order valence-corrected chi connectivity index (χ1v) is 6.86. The van der Waals surface area contributed by atoms with E-state index in [1.54, 1.807) is 0 Å². The summed E-state index contributed by atoms with van der Waals surface area (Å²) in [6, 6.07) is 0. The summed E-state index contributed by atoms with van der Waals surface area (Å²) >= 11 is 0. The quantitative estimate of drug-likeness (QED) is 0.726. The molecule has 2 aliphatic rings. The molecule has 0 aromatic carbocycles. The summed E-state index contributed by atoms with van der Waals surface area (Å²) in [5.74, 6) is -1.82. The highest BCUT2D eigenvalue weighted by molar-refractivity contribution is 4.75. The largest absolute Gasteiger partial charge is 0.385 e. The van der Waals surface area contributed by atoms with Crippen LogP contribution in [-0.2, 0) is 9.47 Å². The summed E-state index contributed by atoms with van der Waals surface area (Å²) < 4.78 is 11.2. The number of hydrogen-bond acceptors (Lipinski definition) is 4. The first kappa shape index (κ1) is 13.3. The minimum atomic E-state index is -1.82. The Hall–Kier alpha value is -0.160. The minimum Gasteiger partial charge on any atom is -0.385 e. The van der Waals surface area contributed by atoms with Gasteiger partial charge in [-0.3, -0.25) is 0 Å². The Kier molecular flexibility index (Phi) is 4.42. The van der Waals surface area contributed by atoms with E-state index in [4.69, 9.17) is 9.47 Å². The van der Waals surface area contributed by atoms with Crippen molar-refractivity contribution in [1.82, 2.24) is 0 Å². The molecule has 1 unspecified atom stereocenters. The van der Waals surface area contributed by atoms with Crippen molar-refractivity contribution in [3.63, 3.8) is 0 Å². The number of hydrogen-bond donors (Lipinski definition) is 2. The zero-order chi connectivity index (χ0) is 12.3. The zero-order valence-electron chi connectivity index (χ0n) is 10.6. The predicted octanol–water partition coefficient (Wildman–Crippen LogP) is 1.93. The molecule has 0 heterocycles.